The SMILES string of the molecule is C#CC(=O)/C=C/C(=O)CCCCC(=O)CC#CC(=O)C#CCCC(=O)/C=C/CCCCCCCCCCCC(=O)CCCCCCCC(=O)C(=O)C(=O)C#CC(=O)O. The maximum absolute atomic E-state index is 12.1. The number of carbonyl (C=O) groups excluding carboxylic acids is 9. The van der Waals surface area contributed by atoms with Gasteiger partial charge in [-0.1, -0.05) is 82.1 Å². The molecule has 310 valence electrons. The molecule has 0 amide bonds. The van der Waals surface area contributed by atoms with E-state index in [0.29, 0.717) is 38.5 Å². The number of hydrogen-bond donors (Lipinski definition) is 1. The van der Waals surface area contributed by atoms with Crippen LogP contribution in [0, 0.1) is 47.9 Å². The zero-order valence-electron chi connectivity index (χ0n) is 33.6. The molecular formula is C47H56O11. The van der Waals surface area contributed by atoms with Crippen LogP contribution in [0.15, 0.2) is 24.3 Å². The third kappa shape index (κ3) is 33.5. The fourth-order valence-corrected chi connectivity index (χ4v) is 5.38. The molecule has 11 heteroatoms. The number of ketones is 9. The van der Waals surface area contributed by atoms with Crippen LogP contribution in [0.5, 0.6) is 0 Å². The lowest BCUT2D eigenvalue weighted by molar-refractivity contribution is -0.142. The highest BCUT2D eigenvalue weighted by atomic mass is 16.4. The molecule has 0 aromatic heterocycles. The van der Waals surface area contributed by atoms with Crippen LogP contribution in [0.25, 0.3) is 0 Å². The quantitative estimate of drug-likeness (QED) is 0.0186. The third-order valence-corrected chi connectivity index (χ3v) is 8.61. The number of carboxylic acids is 1. The Morgan fingerprint density at radius 2 is 0.983 bits per heavy atom. The third-order valence-electron chi connectivity index (χ3n) is 8.61. The number of aliphatic carboxylic acids is 1. The lowest BCUT2D eigenvalue weighted by Gasteiger charge is -2.03. The van der Waals surface area contributed by atoms with Gasteiger partial charge in [0.2, 0.25) is 11.6 Å². The number of unbranched alkanes of at least 4 members (excludes halogenated alkanes) is 14. The number of carboxylic acid groups (broad SMARTS) is 1. The summed E-state index contributed by atoms with van der Waals surface area (Å²) in [6.07, 6.45) is 27.4. The second kappa shape index (κ2) is 35.6. The van der Waals surface area contributed by atoms with Crippen LogP contribution in [-0.2, 0) is 47.9 Å². The van der Waals surface area contributed by atoms with Gasteiger partial charge in [-0.15, -0.1) is 6.42 Å². The second-order valence-corrected chi connectivity index (χ2v) is 13.7. The number of allylic oxidation sites excluding steroid dienone is 4. The molecule has 0 rings (SSSR count). The normalized spacial score (nSPS) is 10.3. The highest BCUT2D eigenvalue weighted by Gasteiger charge is 2.20. The summed E-state index contributed by atoms with van der Waals surface area (Å²) in [6, 6.07) is 0. The van der Waals surface area contributed by atoms with E-state index in [-0.39, 0.29) is 61.7 Å². The van der Waals surface area contributed by atoms with E-state index in [1.807, 2.05) is 12.0 Å². The number of rotatable bonds is 33. The average Bonchev–Trinajstić information content (AvgIpc) is 3.20. The van der Waals surface area contributed by atoms with Gasteiger partial charge >= 0.3 is 5.97 Å². The van der Waals surface area contributed by atoms with Gasteiger partial charge in [-0.25, -0.2) is 4.79 Å². The summed E-state index contributed by atoms with van der Waals surface area (Å²) in [5.41, 5.74) is 0. The summed E-state index contributed by atoms with van der Waals surface area (Å²) in [4.78, 5) is 115. The number of terminal acetylenes is 1. The minimum absolute atomic E-state index is 0.0562. The van der Waals surface area contributed by atoms with Crippen LogP contribution in [0.1, 0.15) is 161 Å². The first-order chi connectivity index (χ1) is 27.8. The van der Waals surface area contributed by atoms with Crippen molar-refractivity contribution in [2.24, 2.45) is 0 Å². The fraction of sp³-hybridized carbons (Fsp3) is 0.532. The molecule has 0 aliphatic rings. The Bertz CT molecular complexity index is 1730. The van der Waals surface area contributed by atoms with Crippen molar-refractivity contribution in [3.63, 3.8) is 0 Å². The largest absolute Gasteiger partial charge is 0.472 e. The standard InChI is InChI=1S/C47H56O11/c1-2-38(48)34-35-43(53)30-22-21-29-42(52)32-23-31-41(51)28-20-19-27-40(50)26-16-12-9-7-5-3-4-6-8-11-15-24-39(49)25-17-13-10-14-18-33-44(54)47(58)45(55)36-37-46(56)57/h1,16,26,34-35H,3-15,17-19,21-22,24-25,27,29-30,32-33H2,(H,56,57)/b26-16+,35-34+. The smallest absolute Gasteiger partial charge is 0.382 e. The van der Waals surface area contributed by atoms with E-state index in [1.54, 1.807) is 12.0 Å². The van der Waals surface area contributed by atoms with Crippen LogP contribution < -0.4 is 0 Å². The van der Waals surface area contributed by atoms with Crippen molar-refractivity contribution in [1.82, 2.24) is 0 Å². The van der Waals surface area contributed by atoms with Gasteiger partial charge in [-0.05, 0) is 86.9 Å². The topological polar surface area (TPSA) is 191 Å². The van der Waals surface area contributed by atoms with E-state index in [4.69, 9.17) is 11.5 Å². The fourth-order valence-electron chi connectivity index (χ4n) is 5.38. The highest BCUT2D eigenvalue weighted by molar-refractivity contribution is 6.67. The molecular weight excluding hydrogens is 741 g/mol. The monoisotopic (exact) mass is 796 g/mol. The summed E-state index contributed by atoms with van der Waals surface area (Å²) in [5, 5.41) is 8.39. The zero-order chi connectivity index (χ0) is 43.2. The first-order valence-electron chi connectivity index (χ1n) is 20.2. The molecule has 0 aliphatic carbocycles. The van der Waals surface area contributed by atoms with E-state index < -0.39 is 34.9 Å². The molecule has 58 heavy (non-hydrogen) atoms. The Kier molecular flexibility index (Phi) is 32.1. The summed E-state index contributed by atoms with van der Waals surface area (Å²) >= 11 is 0. The Morgan fingerprint density at radius 3 is 1.59 bits per heavy atom. The molecule has 0 saturated heterocycles. The lowest BCUT2D eigenvalue weighted by Crippen LogP contribution is -2.22. The van der Waals surface area contributed by atoms with Crippen molar-refractivity contribution in [3.05, 3.63) is 24.3 Å². The first kappa shape index (κ1) is 52.2. The summed E-state index contributed by atoms with van der Waals surface area (Å²) in [7, 11) is 0. The minimum atomic E-state index is -1.55. The molecule has 0 atom stereocenters. The van der Waals surface area contributed by atoms with Crippen LogP contribution in [0.4, 0.5) is 0 Å². The van der Waals surface area contributed by atoms with Crippen molar-refractivity contribution >= 4 is 58.0 Å². The highest BCUT2D eigenvalue weighted by Crippen LogP contribution is 2.14. The molecule has 11 nitrogen and oxygen atoms in total. The Morgan fingerprint density at radius 1 is 0.483 bits per heavy atom. The van der Waals surface area contributed by atoms with Crippen molar-refractivity contribution in [2.45, 2.75) is 161 Å². The lowest BCUT2D eigenvalue weighted by atomic mass is 10.0. The molecule has 0 bridgehead atoms. The van der Waals surface area contributed by atoms with Crippen LogP contribution in [0.2, 0.25) is 0 Å². The van der Waals surface area contributed by atoms with Gasteiger partial charge in [0.15, 0.2) is 11.6 Å². The van der Waals surface area contributed by atoms with Gasteiger partial charge in [0.1, 0.15) is 11.6 Å². The molecule has 0 heterocycles. The molecule has 0 fully saturated rings. The van der Waals surface area contributed by atoms with Crippen molar-refractivity contribution in [2.75, 3.05) is 0 Å². The average molecular weight is 797 g/mol. The van der Waals surface area contributed by atoms with Gasteiger partial charge in [0, 0.05) is 50.9 Å². The number of Topliss-reactive ketones (excluding diaryl/α,β-unsaturated/α-hetero) is 6. The molecule has 0 aromatic carbocycles. The molecule has 0 aromatic rings. The predicted molar refractivity (Wildman–Crippen MR) is 219 cm³/mol. The maximum Gasteiger partial charge on any atom is 0.382 e. The Hall–Kier alpha value is -5.78. The van der Waals surface area contributed by atoms with E-state index in [0.717, 1.165) is 95.6 Å². The Labute approximate surface area is 343 Å². The van der Waals surface area contributed by atoms with Gasteiger partial charge in [0.25, 0.3) is 17.3 Å². The maximum atomic E-state index is 12.1. The molecule has 0 aliphatic heterocycles. The summed E-state index contributed by atoms with van der Waals surface area (Å²) in [6.45, 7) is 0. The van der Waals surface area contributed by atoms with Crippen LogP contribution >= 0.6 is 0 Å². The first-order valence-corrected chi connectivity index (χ1v) is 20.2. The molecule has 0 saturated carbocycles. The molecule has 0 spiro atoms. The van der Waals surface area contributed by atoms with Gasteiger partial charge in [-0.3, -0.25) is 43.2 Å². The predicted octanol–water partition coefficient (Wildman–Crippen LogP) is 6.70. The zero-order valence-corrected chi connectivity index (χ0v) is 33.6. The number of carbonyl (C=O) groups is 10. The molecule has 1 N–H and O–H groups in total. The van der Waals surface area contributed by atoms with E-state index in [2.05, 4.69) is 23.7 Å². The van der Waals surface area contributed by atoms with Crippen molar-refractivity contribution in [3.8, 4) is 47.9 Å². The Balaban J connectivity index is 3.74. The van der Waals surface area contributed by atoms with Crippen molar-refractivity contribution < 1.29 is 53.1 Å². The summed E-state index contributed by atoms with van der Waals surface area (Å²) in [5.74, 6) is 8.47. The molecule has 0 radical (unpaired) electrons. The van der Waals surface area contributed by atoms with E-state index in [9.17, 15) is 47.9 Å². The molecule has 0 unspecified atom stereocenters. The minimum Gasteiger partial charge on any atom is -0.472 e. The number of hydrogen-bond acceptors (Lipinski definition) is 10. The van der Waals surface area contributed by atoms with Gasteiger partial charge < -0.3 is 5.11 Å². The van der Waals surface area contributed by atoms with Crippen LogP contribution in [-0.4, -0.2) is 63.1 Å². The van der Waals surface area contributed by atoms with E-state index >= 15 is 0 Å². The van der Waals surface area contributed by atoms with E-state index in [1.165, 1.54) is 5.92 Å². The van der Waals surface area contributed by atoms with Crippen LogP contribution in [0.3, 0.4) is 0 Å². The van der Waals surface area contributed by atoms with Crippen molar-refractivity contribution in [1.29, 1.82) is 0 Å². The summed E-state index contributed by atoms with van der Waals surface area (Å²) < 4.78 is 0. The van der Waals surface area contributed by atoms with Gasteiger partial charge in [0.05, 0.1) is 6.42 Å². The van der Waals surface area contributed by atoms with Gasteiger partial charge in [-0.2, -0.15) is 0 Å². The second-order valence-electron chi connectivity index (χ2n) is 13.7.